The number of amides is 1. The van der Waals surface area contributed by atoms with Crippen molar-refractivity contribution in [2.75, 3.05) is 32.1 Å². The molecule has 0 aromatic heterocycles. The van der Waals surface area contributed by atoms with E-state index in [-0.39, 0.29) is 5.91 Å². The highest BCUT2D eigenvalue weighted by molar-refractivity contribution is 6.18. The van der Waals surface area contributed by atoms with Crippen LogP contribution in [-0.2, 0) is 4.79 Å². The quantitative estimate of drug-likeness (QED) is 0.547. The predicted molar refractivity (Wildman–Crippen MR) is 43.8 cm³/mol. The summed E-state index contributed by atoms with van der Waals surface area (Å²) < 4.78 is 0. The molecule has 1 rings (SSSR count). The first-order valence-corrected chi connectivity index (χ1v) is 4.35. The van der Waals surface area contributed by atoms with Crippen molar-refractivity contribution in [2.45, 2.75) is 6.42 Å². The minimum absolute atomic E-state index is 0.162. The summed E-state index contributed by atoms with van der Waals surface area (Å²) in [6, 6.07) is 0. The molecule has 1 heterocycles. The van der Waals surface area contributed by atoms with Gasteiger partial charge in [0.25, 0.3) is 0 Å². The molecule has 3 nitrogen and oxygen atoms in total. The number of hydrogen-bond acceptors (Lipinski definition) is 1. The maximum Gasteiger partial charge on any atom is 0.223 e. The first kappa shape index (κ1) is 8.81. The van der Waals surface area contributed by atoms with Gasteiger partial charge in [0.1, 0.15) is 0 Å². The summed E-state index contributed by atoms with van der Waals surface area (Å²) in [5, 5.41) is 4.14. The Kier molecular flexibility index (Phi) is 3.66. The van der Waals surface area contributed by atoms with E-state index in [4.69, 9.17) is 11.6 Å². The number of nitrogens with zero attached hydrogens (tertiary/aromatic N) is 2. The second-order valence-electron chi connectivity index (χ2n) is 2.49. The third kappa shape index (κ3) is 2.67. The van der Waals surface area contributed by atoms with Crippen molar-refractivity contribution < 1.29 is 4.79 Å². The van der Waals surface area contributed by atoms with Crippen molar-refractivity contribution in [3.8, 4) is 0 Å². The van der Waals surface area contributed by atoms with Crippen LogP contribution >= 0.6 is 11.6 Å². The molecular weight excluding hydrogens is 164 g/mol. The molecule has 1 amide bonds. The van der Waals surface area contributed by atoms with Crippen LogP contribution in [0.5, 0.6) is 0 Å². The number of rotatable bonds is 2. The third-order valence-electron chi connectivity index (χ3n) is 1.72. The molecular formula is C7H12ClN2O. The SMILES string of the molecule is O=C(CCCl)N1CC[N]CC1. The van der Waals surface area contributed by atoms with Crippen LogP contribution in [0.3, 0.4) is 0 Å². The van der Waals surface area contributed by atoms with Crippen molar-refractivity contribution in [3.63, 3.8) is 0 Å². The molecule has 1 radical (unpaired) electrons. The molecule has 0 aliphatic carbocycles. The summed E-state index contributed by atoms with van der Waals surface area (Å²) in [6.45, 7) is 3.12. The van der Waals surface area contributed by atoms with E-state index in [1.165, 1.54) is 0 Å². The average molecular weight is 176 g/mol. The van der Waals surface area contributed by atoms with Gasteiger partial charge in [-0.25, -0.2) is 5.32 Å². The van der Waals surface area contributed by atoms with Crippen LogP contribution in [0, 0.1) is 0 Å². The lowest BCUT2D eigenvalue weighted by molar-refractivity contribution is -0.131. The summed E-state index contributed by atoms with van der Waals surface area (Å²) >= 11 is 5.44. The average Bonchev–Trinajstić information content (AvgIpc) is 2.07. The lowest BCUT2D eigenvalue weighted by Crippen LogP contribution is -2.43. The van der Waals surface area contributed by atoms with Gasteiger partial charge in [0.05, 0.1) is 0 Å². The Bertz CT molecular complexity index is 134. The first-order chi connectivity index (χ1) is 5.34. The summed E-state index contributed by atoms with van der Waals surface area (Å²) in [5.74, 6) is 0.585. The van der Waals surface area contributed by atoms with E-state index >= 15 is 0 Å². The zero-order chi connectivity index (χ0) is 8.10. The van der Waals surface area contributed by atoms with E-state index in [0.717, 1.165) is 26.2 Å². The molecule has 0 aromatic rings. The standard InChI is InChI=1S/C7H12ClN2O/c8-2-1-7(11)10-5-3-9-4-6-10/h1-6H2. The molecule has 63 valence electrons. The monoisotopic (exact) mass is 175 g/mol. The molecule has 1 aliphatic heterocycles. The lowest BCUT2D eigenvalue weighted by atomic mass is 10.3. The number of alkyl halides is 1. The molecule has 1 saturated heterocycles. The predicted octanol–water partition coefficient (Wildman–Crippen LogP) is 0.0619. The van der Waals surface area contributed by atoms with E-state index < -0.39 is 0 Å². The van der Waals surface area contributed by atoms with Gasteiger partial charge >= 0.3 is 0 Å². The molecule has 0 atom stereocenters. The minimum atomic E-state index is 0.162. The number of halogens is 1. The largest absolute Gasteiger partial charge is 0.340 e. The van der Waals surface area contributed by atoms with Crippen molar-refractivity contribution in [1.29, 1.82) is 0 Å². The zero-order valence-corrected chi connectivity index (χ0v) is 7.18. The number of carbonyl (C=O) groups is 1. The second-order valence-corrected chi connectivity index (χ2v) is 2.87. The van der Waals surface area contributed by atoms with Gasteiger partial charge in [-0.1, -0.05) is 0 Å². The van der Waals surface area contributed by atoms with Crippen LogP contribution in [0.4, 0.5) is 0 Å². The van der Waals surface area contributed by atoms with Crippen molar-refractivity contribution in [1.82, 2.24) is 10.2 Å². The Balaban J connectivity index is 2.27. The Morgan fingerprint density at radius 3 is 2.64 bits per heavy atom. The second kappa shape index (κ2) is 4.57. The lowest BCUT2D eigenvalue weighted by Gasteiger charge is -2.26. The first-order valence-electron chi connectivity index (χ1n) is 3.81. The number of carbonyl (C=O) groups excluding carboxylic acids is 1. The molecule has 0 bridgehead atoms. The van der Waals surface area contributed by atoms with E-state index in [0.29, 0.717) is 12.3 Å². The molecule has 1 fully saturated rings. The number of hydrogen-bond donors (Lipinski definition) is 0. The van der Waals surface area contributed by atoms with Crippen molar-refractivity contribution >= 4 is 17.5 Å². The smallest absolute Gasteiger partial charge is 0.223 e. The Hall–Kier alpha value is -0.280. The van der Waals surface area contributed by atoms with Crippen LogP contribution in [-0.4, -0.2) is 42.9 Å². The summed E-state index contributed by atoms with van der Waals surface area (Å²) in [4.78, 5) is 13.0. The highest BCUT2D eigenvalue weighted by Crippen LogP contribution is 1.98. The van der Waals surface area contributed by atoms with Gasteiger partial charge in [-0.3, -0.25) is 4.79 Å². The van der Waals surface area contributed by atoms with E-state index in [1.54, 1.807) is 0 Å². The maximum absolute atomic E-state index is 11.2. The highest BCUT2D eigenvalue weighted by atomic mass is 35.5. The third-order valence-corrected chi connectivity index (χ3v) is 1.91. The molecule has 0 N–H and O–H groups in total. The van der Waals surface area contributed by atoms with Crippen molar-refractivity contribution in [3.05, 3.63) is 0 Å². The molecule has 11 heavy (non-hydrogen) atoms. The molecule has 0 saturated carbocycles. The fraction of sp³-hybridized carbons (Fsp3) is 0.857. The minimum Gasteiger partial charge on any atom is -0.340 e. The van der Waals surface area contributed by atoms with Crippen LogP contribution in [0.1, 0.15) is 6.42 Å². The van der Waals surface area contributed by atoms with Gasteiger partial charge < -0.3 is 4.90 Å². The molecule has 0 spiro atoms. The molecule has 4 heteroatoms. The van der Waals surface area contributed by atoms with Gasteiger partial charge in [-0.2, -0.15) is 0 Å². The highest BCUT2D eigenvalue weighted by Gasteiger charge is 2.15. The Morgan fingerprint density at radius 2 is 2.09 bits per heavy atom. The maximum atomic E-state index is 11.2. The fourth-order valence-electron chi connectivity index (χ4n) is 1.09. The van der Waals surface area contributed by atoms with Crippen molar-refractivity contribution in [2.24, 2.45) is 0 Å². The van der Waals surface area contributed by atoms with Gasteiger partial charge in [0, 0.05) is 38.5 Å². The van der Waals surface area contributed by atoms with E-state index in [9.17, 15) is 4.79 Å². The summed E-state index contributed by atoms with van der Waals surface area (Å²) in [6.07, 6.45) is 0.460. The van der Waals surface area contributed by atoms with Crippen LogP contribution in [0.2, 0.25) is 0 Å². The zero-order valence-electron chi connectivity index (χ0n) is 6.42. The molecule has 0 aromatic carbocycles. The van der Waals surface area contributed by atoms with Crippen LogP contribution in [0.15, 0.2) is 0 Å². The summed E-state index contributed by atoms with van der Waals surface area (Å²) in [5.41, 5.74) is 0. The van der Waals surface area contributed by atoms with Gasteiger partial charge in [0.15, 0.2) is 0 Å². The fourth-order valence-corrected chi connectivity index (χ4v) is 1.26. The van der Waals surface area contributed by atoms with Gasteiger partial charge in [-0.05, 0) is 0 Å². The normalized spacial score (nSPS) is 18.5. The van der Waals surface area contributed by atoms with E-state index in [1.807, 2.05) is 4.90 Å². The molecule has 0 unspecified atom stereocenters. The summed E-state index contributed by atoms with van der Waals surface area (Å²) in [7, 11) is 0. The Morgan fingerprint density at radius 1 is 1.45 bits per heavy atom. The Labute approximate surface area is 71.7 Å². The van der Waals surface area contributed by atoms with Gasteiger partial charge in [0.2, 0.25) is 5.91 Å². The number of piperazine rings is 1. The van der Waals surface area contributed by atoms with Gasteiger partial charge in [-0.15, -0.1) is 11.6 Å². The molecule has 1 aliphatic rings. The van der Waals surface area contributed by atoms with E-state index in [2.05, 4.69) is 5.32 Å². The van der Waals surface area contributed by atoms with Crippen LogP contribution in [0.25, 0.3) is 0 Å². The topological polar surface area (TPSA) is 34.4 Å². The van der Waals surface area contributed by atoms with Crippen LogP contribution < -0.4 is 5.32 Å².